The Bertz CT molecular complexity index is 894. The van der Waals surface area contributed by atoms with Gasteiger partial charge in [0.15, 0.2) is 0 Å². The molecule has 2 atom stereocenters. The first-order valence-electron chi connectivity index (χ1n) is 11.7. The third kappa shape index (κ3) is 7.02. The molecule has 2 aliphatic heterocycles. The van der Waals surface area contributed by atoms with Gasteiger partial charge in [0.2, 0.25) is 0 Å². The minimum atomic E-state index is -0.727. The van der Waals surface area contributed by atoms with Gasteiger partial charge in [0, 0.05) is 30.4 Å². The van der Waals surface area contributed by atoms with Gasteiger partial charge in [-0.3, -0.25) is 9.69 Å². The molecule has 7 heteroatoms. The Balaban J connectivity index is 1.61. The van der Waals surface area contributed by atoms with Crippen molar-refractivity contribution in [2.45, 2.75) is 38.6 Å². The molecule has 1 aromatic rings. The number of carboxylic acids is 1. The van der Waals surface area contributed by atoms with Crippen molar-refractivity contribution in [2.24, 2.45) is 11.8 Å². The summed E-state index contributed by atoms with van der Waals surface area (Å²) >= 11 is 12.7. The number of halogens is 2. The minimum Gasteiger partial charge on any atom is -0.480 e. The summed E-state index contributed by atoms with van der Waals surface area (Å²) < 4.78 is 0. The first-order valence-corrected chi connectivity index (χ1v) is 12.5. The van der Waals surface area contributed by atoms with Gasteiger partial charge in [-0.1, -0.05) is 48.5 Å². The van der Waals surface area contributed by atoms with Gasteiger partial charge in [-0.25, -0.2) is 0 Å². The van der Waals surface area contributed by atoms with Crippen LogP contribution in [-0.4, -0.2) is 54.7 Å². The Hall–Kier alpha value is -1.95. The van der Waals surface area contributed by atoms with Gasteiger partial charge in [0.1, 0.15) is 0 Å². The van der Waals surface area contributed by atoms with E-state index in [1.165, 1.54) is 6.42 Å². The molecule has 0 bridgehead atoms. The first kappa shape index (κ1) is 25.7. The molecule has 0 amide bonds. The Kier molecular flexibility index (Phi) is 9.30. The Morgan fingerprint density at radius 2 is 2.00 bits per heavy atom. The topological polar surface area (TPSA) is 55.8 Å². The van der Waals surface area contributed by atoms with Crippen LogP contribution in [0.4, 0.5) is 11.4 Å². The molecule has 0 radical (unpaired) electrons. The number of benzene rings is 1. The van der Waals surface area contributed by atoms with Crippen molar-refractivity contribution in [1.29, 1.82) is 0 Å². The van der Waals surface area contributed by atoms with Crippen LogP contribution in [0, 0.1) is 11.8 Å². The summed E-state index contributed by atoms with van der Waals surface area (Å²) in [4.78, 5) is 15.6. The Morgan fingerprint density at radius 1 is 1.27 bits per heavy atom. The van der Waals surface area contributed by atoms with Crippen LogP contribution in [0.5, 0.6) is 0 Å². The third-order valence-corrected chi connectivity index (χ3v) is 7.42. The van der Waals surface area contributed by atoms with E-state index in [9.17, 15) is 4.79 Å². The fraction of sp³-hybridized carbons (Fsp3) is 0.500. The lowest BCUT2D eigenvalue weighted by Crippen LogP contribution is -2.44. The summed E-state index contributed by atoms with van der Waals surface area (Å²) in [5.74, 6) is 0.528. The molecule has 0 aliphatic carbocycles. The van der Waals surface area contributed by atoms with Crippen LogP contribution in [0.1, 0.15) is 32.6 Å². The van der Waals surface area contributed by atoms with E-state index in [2.05, 4.69) is 40.4 Å². The molecule has 1 aromatic carbocycles. The van der Waals surface area contributed by atoms with Crippen LogP contribution in [0.3, 0.4) is 0 Å². The number of allylic oxidation sites excluding steroid dienone is 2. The highest BCUT2D eigenvalue weighted by atomic mass is 35.5. The number of nitrogens with one attached hydrogen (secondary N) is 1. The molecular weight excluding hydrogens is 457 g/mol. The molecular formula is C26H35Cl2N3O2. The third-order valence-electron chi connectivity index (χ3n) is 6.87. The molecule has 2 heterocycles. The number of likely N-dealkylation sites (tertiary alicyclic amines) is 1. The van der Waals surface area contributed by atoms with Gasteiger partial charge in [-0.2, -0.15) is 0 Å². The van der Waals surface area contributed by atoms with Gasteiger partial charge in [-0.05, 0) is 74.8 Å². The van der Waals surface area contributed by atoms with Crippen molar-refractivity contribution in [3.05, 3.63) is 59.1 Å². The van der Waals surface area contributed by atoms with Gasteiger partial charge in [-0.15, -0.1) is 0 Å². The van der Waals surface area contributed by atoms with Crippen molar-refractivity contribution >= 4 is 40.5 Å². The molecule has 2 N–H and O–H groups in total. The molecule has 2 aliphatic rings. The summed E-state index contributed by atoms with van der Waals surface area (Å²) in [6.45, 7) is 13.6. The molecule has 0 saturated carbocycles. The number of hydrogen-bond acceptors (Lipinski definition) is 4. The minimum absolute atomic E-state index is 0.0634. The standard InChI is InChI=1S/C26H35Cl2N3O2/c1-4-6-23(18(2)27)19(3)29-25-15-22(8-9-24(25)28)31-13-10-20(11-14-31)21-7-5-12-30(16-21)17-26(32)33/h4,6,8-9,15,19-21,29H,1-2,5,7,10-14,16-17H2,3H3,(H,32,33)/b23-6+/t19-,21?/m1/s1. The second kappa shape index (κ2) is 12.0. The molecule has 0 aromatic heterocycles. The van der Waals surface area contributed by atoms with E-state index < -0.39 is 5.97 Å². The Labute approximate surface area is 207 Å². The van der Waals surface area contributed by atoms with E-state index in [0.29, 0.717) is 21.9 Å². The number of carbonyl (C=O) groups is 1. The molecule has 180 valence electrons. The fourth-order valence-electron chi connectivity index (χ4n) is 5.17. The number of piperidine rings is 2. The quantitative estimate of drug-likeness (QED) is 0.413. The predicted molar refractivity (Wildman–Crippen MR) is 140 cm³/mol. The highest BCUT2D eigenvalue weighted by molar-refractivity contribution is 6.33. The summed E-state index contributed by atoms with van der Waals surface area (Å²) in [5.41, 5.74) is 2.90. The molecule has 3 rings (SSSR count). The van der Waals surface area contributed by atoms with Crippen molar-refractivity contribution < 1.29 is 9.90 Å². The van der Waals surface area contributed by atoms with E-state index >= 15 is 0 Å². The van der Waals surface area contributed by atoms with Crippen LogP contribution in [0.25, 0.3) is 0 Å². The van der Waals surface area contributed by atoms with Crippen molar-refractivity contribution in [3.8, 4) is 0 Å². The van der Waals surface area contributed by atoms with Gasteiger partial charge in [0.25, 0.3) is 0 Å². The maximum atomic E-state index is 11.1. The van der Waals surface area contributed by atoms with Gasteiger partial charge in [0.05, 0.1) is 23.3 Å². The molecule has 0 spiro atoms. The molecule has 2 fully saturated rings. The van der Waals surface area contributed by atoms with Gasteiger partial charge < -0.3 is 15.3 Å². The zero-order chi connectivity index (χ0) is 24.0. The fourth-order valence-corrected chi connectivity index (χ4v) is 5.57. The number of rotatable bonds is 9. The first-order chi connectivity index (χ1) is 15.8. The van der Waals surface area contributed by atoms with E-state index in [1.807, 2.05) is 19.1 Å². The number of nitrogens with zero attached hydrogens (tertiary/aromatic N) is 2. The van der Waals surface area contributed by atoms with Crippen LogP contribution >= 0.6 is 23.2 Å². The summed E-state index contributed by atoms with van der Waals surface area (Å²) in [7, 11) is 0. The number of aliphatic carboxylic acids is 1. The van der Waals surface area contributed by atoms with E-state index in [0.717, 1.165) is 62.4 Å². The van der Waals surface area contributed by atoms with Crippen LogP contribution in [0.2, 0.25) is 5.02 Å². The molecule has 2 saturated heterocycles. The molecule has 1 unspecified atom stereocenters. The smallest absolute Gasteiger partial charge is 0.317 e. The normalized spacial score (nSPS) is 21.5. The zero-order valence-electron chi connectivity index (χ0n) is 19.4. The van der Waals surface area contributed by atoms with Crippen LogP contribution < -0.4 is 10.2 Å². The highest BCUT2D eigenvalue weighted by Crippen LogP contribution is 2.35. The van der Waals surface area contributed by atoms with E-state index in [-0.39, 0.29) is 12.6 Å². The lowest BCUT2D eigenvalue weighted by molar-refractivity contribution is -0.138. The zero-order valence-corrected chi connectivity index (χ0v) is 20.9. The SMILES string of the molecule is C=C/C=C(\C(=C)Cl)[C@@H](C)Nc1cc(N2CCC(C3CCCN(CC(=O)O)C3)CC2)ccc1Cl. The average molecular weight is 492 g/mol. The summed E-state index contributed by atoms with van der Waals surface area (Å²) in [6.07, 6.45) is 8.13. The van der Waals surface area contributed by atoms with Crippen molar-refractivity contribution in [1.82, 2.24) is 4.90 Å². The average Bonchev–Trinajstić information content (AvgIpc) is 2.78. The largest absolute Gasteiger partial charge is 0.480 e. The van der Waals surface area contributed by atoms with Crippen molar-refractivity contribution in [3.63, 3.8) is 0 Å². The molecule has 5 nitrogen and oxygen atoms in total. The highest BCUT2D eigenvalue weighted by Gasteiger charge is 2.31. The number of carboxylic acid groups (broad SMARTS) is 1. The van der Waals surface area contributed by atoms with Crippen molar-refractivity contribution in [2.75, 3.05) is 42.9 Å². The Morgan fingerprint density at radius 3 is 2.64 bits per heavy atom. The second-order valence-electron chi connectivity index (χ2n) is 9.15. The maximum absolute atomic E-state index is 11.1. The maximum Gasteiger partial charge on any atom is 0.317 e. The van der Waals surface area contributed by atoms with Gasteiger partial charge >= 0.3 is 5.97 Å². The van der Waals surface area contributed by atoms with E-state index in [4.69, 9.17) is 28.3 Å². The molecule has 33 heavy (non-hydrogen) atoms. The number of anilines is 2. The van der Waals surface area contributed by atoms with Crippen LogP contribution in [0.15, 0.2) is 54.1 Å². The predicted octanol–water partition coefficient (Wildman–Crippen LogP) is 6.02. The summed E-state index contributed by atoms with van der Waals surface area (Å²) in [5, 5.41) is 13.7. The second-order valence-corrected chi connectivity index (χ2v) is 10.0. The monoisotopic (exact) mass is 491 g/mol. The van der Waals surface area contributed by atoms with E-state index in [1.54, 1.807) is 6.08 Å². The lowest BCUT2D eigenvalue weighted by atomic mass is 9.79. The number of hydrogen-bond donors (Lipinski definition) is 2. The van der Waals surface area contributed by atoms with Crippen LogP contribution in [-0.2, 0) is 4.79 Å². The summed E-state index contributed by atoms with van der Waals surface area (Å²) in [6, 6.07) is 6.06. The lowest BCUT2D eigenvalue weighted by Gasteiger charge is -2.41.